The third-order valence-corrected chi connectivity index (χ3v) is 3.52. The Morgan fingerprint density at radius 2 is 1.84 bits per heavy atom. The molecule has 0 aromatic carbocycles. The van der Waals surface area contributed by atoms with Crippen molar-refractivity contribution in [2.45, 2.75) is 24.3 Å². The first-order chi connectivity index (χ1) is 8.76. The molecule has 7 heteroatoms. The highest BCUT2D eigenvalue weighted by molar-refractivity contribution is 8.02. The Bertz CT molecular complexity index is 366. The number of esters is 1. The fourth-order valence-electron chi connectivity index (χ4n) is 1.33. The third-order valence-electron chi connectivity index (χ3n) is 2.11. The van der Waals surface area contributed by atoms with Crippen LogP contribution in [0.5, 0.6) is 0 Å². The number of alkyl halides is 3. The van der Waals surface area contributed by atoms with Gasteiger partial charge in [-0.25, -0.2) is 0 Å². The van der Waals surface area contributed by atoms with Crippen molar-refractivity contribution in [3.8, 4) is 0 Å². The summed E-state index contributed by atoms with van der Waals surface area (Å²) in [6, 6.07) is 0. The molecule has 108 valence electrons. The predicted molar refractivity (Wildman–Crippen MR) is 67.9 cm³/mol. The molecule has 0 saturated carbocycles. The lowest BCUT2D eigenvalue weighted by molar-refractivity contribution is -0.178. The van der Waals surface area contributed by atoms with Gasteiger partial charge < -0.3 is 4.74 Å². The van der Waals surface area contributed by atoms with Crippen LogP contribution in [0.4, 0.5) is 13.2 Å². The largest absolute Gasteiger partial charge is 0.465 e. The molecule has 1 unspecified atom stereocenters. The molecule has 3 nitrogen and oxygen atoms in total. The maximum atomic E-state index is 12.7. The molecule has 0 aromatic rings. The standard InChI is InChI=1S/C12H15F3O3S/c1-4-7-11(19-8-5-2,10(17)18-6-3)9(16)12(13,14)15/h4-5H,1-2,6-8H2,3H3. The predicted octanol–water partition coefficient (Wildman–Crippen LogP) is 2.92. The zero-order valence-electron chi connectivity index (χ0n) is 10.5. The first-order valence-corrected chi connectivity index (χ1v) is 6.39. The summed E-state index contributed by atoms with van der Waals surface area (Å²) in [6.07, 6.45) is -3.17. The van der Waals surface area contributed by atoms with E-state index in [0.717, 1.165) is 6.08 Å². The van der Waals surface area contributed by atoms with Gasteiger partial charge in [-0.05, 0) is 13.3 Å². The summed E-state index contributed by atoms with van der Waals surface area (Å²) in [5, 5.41) is 0. The van der Waals surface area contributed by atoms with Crippen LogP contribution in [0.1, 0.15) is 13.3 Å². The van der Waals surface area contributed by atoms with Gasteiger partial charge in [0, 0.05) is 5.75 Å². The highest BCUT2D eigenvalue weighted by Crippen LogP contribution is 2.38. The monoisotopic (exact) mass is 296 g/mol. The number of carbonyl (C=O) groups is 2. The quantitative estimate of drug-likeness (QED) is 0.392. The first-order valence-electron chi connectivity index (χ1n) is 5.40. The number of hydrogen-bond acceptors (Lipinski definition) is 4. The van der Waals surface area contributed by atoms with E-state index in [9.17, 15) is 22.8 Å². The number of ketones is 1. The summed E-state index contributed by atoms with van der Waals surface area (Å²) in [5.74, 6) is -3.33. The summed E-state index contributed by atoms with van der Waals surface area (Å²) < 4.78 is 40.3. The van der Waals surface area contributed by atoms with Crippen molar-refractivity contribution in [1.82, 2.24) is 0 Å². The minimum absolute atomic E-state index is 0.00841. The number of allylic oxidation sites excluding steroid dienone is 1. The Labute approximate surface area is 113 Å². The molecule has 0 heterocycles. The van der Waals surface area contributed by atoms with Gasteiger partial charge in [-0.3, -0.25) is 9.59 Å². The van der Waals surface area contributed by atoms with Crippen molar-refractivity contribution in [1.29, 1.82) is 0 Å². The molecule has 0 saturated heterocycles. The van der Waals surface area contributed by atoms with Crippen LogP contribution in [0.15, 0.2) is 25.3 Å². The van der Waals surface area contributed by atoms with E-state index in [2.05, 4.69) is 17.9 Å². The highest BCUT2D eigenvalue weighted by Gasteiger charge is 2.57. The van der Waals surface area contributed by atoms with E-state index >= 15 is 0 Å². The second-order valence-corrected chi connectivity index (χ2v) is 4.79. The molecule has 0 aliphatic heterocycles. The second kappa shape index (κ2) is 7.37. The highest BCUT2D eigenvalue weighted by atomic mass is 32.2. The molecule has 0 aliphatic carbocycles. The second-order valence-electron chi connectivity index (χ2n) is 3.47. The fraction of sp³-hybridized carbons (Fsp3) is 0.500. The van der Waals surface area contributed by atoms with Crippen LogP contribution >= 0.6 is 11.8 Å². The number of hydrogen-bond donors (Lipinski definition) is 0. The van der Waals surface area contributed by atoms with E-state index in [4.69, 9.17) is 0 Å². The lowest BCUT2D eigenvalue weighted by Crippen LogP contribution is -2.51. The number of halogens is 3. The molecular weight excluding hydrogens is 281 g/mol. The molecule has 0 aliphatic rings. The Morgan fingerprint density at radius 3 is 2.21 bits per heavy atom. The zero-order valence-corrected chi connectivity index (χ0v) is 11.3. The van der Waals surface area contributed by atoms with Crippen LogP contribution in [-0.2, 0) is 14.3 Å². The number of carbonyl (C=O) groups excluding carboxylic acids is 2. The van der Waals surface area contributed by atoms with Crippen molar-refractivity contribution in [3.05, 3.63) is 25.3 Å². The van der Waals surface area contributed by atoms with Crippen LogP contribution < -0.4 is 0 Å². The van der Waals surface area contributed by atoms with E-state index in [1.165, 1.54) is 13.0 Å². The Hall–Kier alpha value is -1.24. The summed E-state index contributed by atoms with van der Waals surface area (Å²) >= 11 is 0.543. The van der Waals surface area contributed by atoms with Crippen LogP contribution in [0.2, 0.25) is 0 Å². The van der Waals surface area contributed by atoms with Crippen molar-refractivity contribution < 1.29 is 27.5 Å². The summed E-state index contributed by atoms with van der Waals surface area (Å²) in [4.78, 5) is 23.4. The zero-order chi connectivity index (χ0) is 15.1. The summed E-state index contributed by atoms with van der Waals surface area (Å²) in [6.45, 7) is 7.99. The van der Waals surface area contributed by atoms with Gasteiger partial charge in [0.15, 0.2) is 4.75 Å². The first kappa shape index (κ1) is 17.8. The minimum atomic E-state index is -5.12. The lowest BCUT2D eigenvalue weighted by Gasteiger charge is -2.28. The Kier molecular flexibility index (Phi) is 6.89. The lowest BCUT2D eigenvalue weighted by atomic mass is 9.98. The molecule has 0 amide bonds. The third kappa shape index (κ3) is 4.41. The van der Waals surface area contributed by atoms with Crippen LogP contribution in [-0.4, -0.2) is 35.0 Å². The number of Topliss-reactive ketones (excluding diaryl/α,β-unsaturated/α-hetero) is 1. The van der Waals surface area contributed by atoms with Gasteiger partial charge >= 0.3 is 12.1 Å². The smallest absolute Gasteiger partial charge is 0.452 e. The molecule has 1 atom stereocenters. The van der Waals surface area contributed by atoms with Crippen LogP contribution in [0, 0.1) is 0 Å². The van der Waals surface area contributed by atoms with Crippen LogP contribution in [0.3, 0.4) is 0 Å². The summed E-state index contributed by atoms with van der Waals surface area (Å²) in [7, 11) is 0. The van der Waals surface area contributed by atoms with Gasteiger partial charge in [0.25, 0.3) is 5.78 Å². The van der Waals surface area contributed by atoms with Gasteiger partial charge in [0.1, 0.15) is 0 Å². The molecule has 0 aromatic heterocycles. The van der Waals surface area contributed by atoms with Gasteiger partial charge in [0.2, 0.25) is 0 Å². The molecule has 0 radical (unpaired) electrons. The van der Waals surface area contributed by atoms with Gasteiger partial charge in [-0.1, -0.05) is 12.2 Å². The number of thioether (sulfide) groups is 1. The van der Waals surface area contributed by atoms with Crippen molar-refractivity contribution in [2.75, 3.05) is 12.4 Å². The van der Waals surface area contributed by atoms with E-state index in [1.807, 2.05) is 0 Å². The number of rotatable bonds is 8. The summed E-state index contributed by atoms with van der Waals surface area (Å²) in [5.41, 5.74) is 0. The molecular formula is C12H15F3O3S. The Morgan fingerprint density at radius 1 is 1.26 bits per heavy atom. The maximum Gasteiger partial charge on any atom is 0.452 e. The molecule has 0 rings (SSSR count). The normalized spacial score (nSPS) is 14.3. The maximum absolute atomic E-state index is 12.7. The van der Waals surface area contributed by atoms with E-state index in [1.54, 1.807) is 0 Å². The molecule has 0 bridgehead atoms. The molecule has 19 heavy (non-hydrogen) atoms. The van der Waals surface area contributed by atoms with E-state index in [-0.39, 0.29) is 12.4 Å². The molecule has 0 spiro atoms. The van der Waals surface area contributed by atoms with Gasteiger partial charge in [-0.2, -0.15) is 13.2 Å². The van der Waals surface area contributed by atoms with E-state index < -0.39 is 29.1 Å². The topological polar surface area (TPSA) is 43.4 Å². The van der Waals surface area contributed by atoms with Gasteiger partial charge in [0.05, 0.1) is 6.61 Å². The van der Waals surface area contributed by atoms with Crippen molar-refractivity contribution in [3.63, 3.8) is 0 Å². The molecule has 0 N–H and O–H groups in total. The minimum Gasteiger partial charge on any atom is -0.465 e. The fourth-order valence-corrected chi connectivity index (χ4v) is 2.39. The van der Waals surface area contributed by atoms with Crippen molar-refractivity contribution in [2.24, 2.45) is 0 Å². The number of ether oxygens (including phenoxy) is 1. The molecule has 0 fully saturated rings. The van der Waals surface area contributed by atoms with Gasteiger partial charge in [-0.15, -0.1) is 24.9 Å². The average molecular weight is 296 g/mol. The van der Waals surface area contributed by atoms with E-state index in [0.29, 0.717) is 11.8 Å². The van der Waals surface area contributed by atoms with Crippen LogP contribution in [0.25, 0.3) is 0 Å². The SMILES string of the molecule is C=CCSC(CC=C)(C(=O)OCC)C(=O)C(F)(F)F. The average Bonchev–Trinajstić information content (AvgIpc) is 2.32. The van der Waals surface area contributed by atoms with Crippen molar-refractivity contribution >= 4 is 23.5 Å². The Balaban J connectivity index is 5.60.